The Hall–Kier alpha value is -0.500. The largest absolute Gasteiger partial charge is 0.309 e. The van der Waals surface area contributed by atoms with Crippen molar-refractivity contribution in [3.63, 3.8) is 0 Å². The summed E-state index contributed by atoms with van der Waals surface area (Å²) in [5.41, 5.74) is 0.998. The number of sulfonamides is 1. The highest BCUT2D eigenvalue weighted by Gasteiger charge is 2.08. The summed E-state index contributed by atoms with van der Waals surface area (Å²) in [7, 11) is -3.34. The van der Waals surface area contributed by atoms with Gasteiger partial charge < -0.3 is 5.32 Å². The lowest BCUT2D eigenvalue weighted by atomic mass is 10.2. The van der Waals surface area contributed by atoms with Crippen LogP contribution in [0, 0.1) is 6.92 Å². The number of hydrogen-bond acceptors (Lipinski definition) is 5. The number of nitrogens with zero attached hydrogens (tertiary/aromatic N) is 1. The van der Waals surface area contributed by atoms with Crippen LogP contribution in [0.5, 0.6) is 0 Å². The maximum absolute atomic E-state index is 10.7. The number of aryl methyl sites for hydroxylation is 1. The van der Waals surface area contributed by atoms with E-state index in [2.05, 4.69) is 10.3 Å². The molecule has 92 valence electrons. The van der Waals surface area contributed by atoms with Gasteiger partial charge in [-0.05, 0) is 26.8 Å². The van der Waals surface area contributed by atoms with Gasteiger partial charge in [0, 0.05) is 11.4 Å². The van der Waals surface area contributed by atoms with Gasteiger partial charge in [-0.15, -0.1) is 11.3 Å². The van der Waals surface area contributed by atoms with E-state index in [4.69, 9.17) is 5.14 Å². The van der Waals surface area contributed by atoms with Gasteiger partial charge in [-0.3, -0.25) is 0 Å². The number of rotatable bonds is 6. The summed E-state index contributed by atoms with van der Waals surface area (Å²) in [4.78, 5) is 4.35. The summed E-state index contributed by atoms with van der Waals surface area (Å²) < 4.78 is 21.4. The fourth-order valence-corrected chi connectivity index (χ4v) is 2.53. The number of nitrogens with two attached hydrogens (primary N) is 1. The van der Waals surface area contributed by atoms with E-state index in [0.29, 0.717) is 13.0 Å². The van der Waals surface area contributed by atoms with Crippen molar-refractivity contribution in [2.45, 2.75) is 26.3 Å². The second-order valence-electron chi connectivity index (χ2n) is 3.69. The van der Waals surface area contributed by atoms with Gasteiger partial charge in [0.05, 0.1) is 16.5 Å². The van der Waals surface area contributed by atoms with Gasteiger partial charge in [-0.2, -0.15) is 0 Å². The van der Waals surface area contributed by atoms with E-state index < -0.39 is 10.0 Å². The van der Waals surface area contributed by atoms with Crippen molar-refractivity contribution in [2.75, 3.05) is 12.3 Å². The molecule has 0 saturated heterocycles. The summed E-state index contributed by atoms with van der Waals surface area (Å²) >= 11 is 1.61. The van der Waals surface area contributed by atoms with Crippen molar-refractivity contribution in [1.82, 2.24) is 10.3 Å². The number of thiazole rings is 1. The van der Waals surface area contributed by atoms with Crippen LogP contribution >= 0.6 is 11.3 Å². The molecule has 3 N–H and O–H groups in total. The van der Waals surface area contributed by atoms with Crippen LogP contribution in [0.15, 0.2) is 5.38 Å². The average molecular weight is 263 g/mol. The Morgan fingerprint density at radius 3 is 2.81 bits per heavy atom. The first-order chi connectivity index (χ1) is 7.38. The van der Waals surface area contributed by atoms with Crippen molar-refractivity contribution < 1.29 is 8.42 Å². The molecule has 0 saturated carbocycles. The van der Waals surface area contributed by atoms with Crippen LogP contribution in [0.1, 0.15) is 30.1 Å². The molecule has 1 aromatic heterocycles. The number of aromatic nitrogens is 1. The van der Waals surface area contributed by atoms with Crippen molar-refractivity contribution in [3.05, 3.63) is 16.1 Å². The first-order valence-electron chi connectivity index (χ1n) is 5.04. The zero-order valence-corrected chi connectivity index (χ0v) is 11.1. The van der Waals surface area contributed by atoms with E-state index in [1.807, 2.05) is 19.2 Å². The van der Waals surface area contributed by atoms with E-state index in [1.54, 1.807) is 11.3 Å². The first-order valence-corrected chi connectivity index (χ1v) is 7.64. The van der Waals surface area contributed by atoms with Crippen molar-refractivity contribution in [2.24, 2.45) is 5.14 Å². The third-order valence-electron chi connectivity index (χ3n) is 2.14. The lowest BCUT2D eigenvalue weighted by Gasteiger charge is -2.10. The van der Waals surface area contributed by atoms with E-state index in [1.165, 1.54) is 0 Å². The minimum Gasteiger partial charge on any atom is -0.309 e. The van der Waals surface area contributed by atoms with Crippen LogP contribution in [-0.4, -0.2) is 25.7 Å². The average Bonchev–Trinajstić information content (AvgIpc) is 2.57. The summed E-state index contributed by atoms with van der Waals surface area (Å²) in [5, 5.41) is 11.2. The Morgan fingerprint density at radius 2 is 2.31 bits per heavy atom. The summed E-state index contributed by atoms with van der Waals surface area (Å²) in [6, 6.07) is 0.144. The molecule has 0 aliphatic heterocycles. The molecule has 0 radical (unpaired) electrons. The Kier molecular flexibility index (Phi) is 4.85. The topological polar surface area (TPSA) is 85.1 Å². The number of primary sulfonamides is 1. The lowest BCUT2D eigenvalue weighted by molar-refractivity contribution is 0.553. The third kappa shape index (κ3) is 5.02. The molecule has 5 nitrogen and oxygen atoms in total. The molecule has 7 heteroatoms. The molecule has 0 spiro atoms. The smallest absolute Gasteiger partial charge is 0.209 e. The van der Waals surface area contributed by atoms with Crippen LogP contribution in [0.3, 0.4) is 0 Å². The molecule has 0 aromatic carbocycles. The highest BCUT2D eigenvalue weighted by atomic mass is 32.2. The third-order valence-corrected chi connectivity index (χ3v) is 3.79. The minimum atomic E-state index is -3.34. The quantitative estimate of drug-likeness (QED) is 0.743. The fourth-order valence-electron chi connectivity index (χ4n) is 1.28. The van der Waals surface area contributed by atoms with Gasteiger partial charge in [0.1, 0.15) is 0 Å². The summed E-state index contributed by atoms with van der Waals surface area (Å²) in [6.45, 7) is 4.58. The summed E-state index contributed by atoms with van der Waals surface area (Å²) in [6.07, 6.45) is 0.520. The van der Waals surface area contributed by atoms with Crippen LogP contribution in [0.2, 0.25) is 0 Å². The zero-order chi connectivity index (χ0) is 12.2. The van der Waals surface area contributed by atoms with E-state index >= 15 is 0 Å². The van der Waals surface area contributed by atoms with Crippen molar-refractivity contribution in [3.8, 4) is 0 Å². The highest BCUT2D eigenvalue weighted by molar-refractivity contribution is 7.89. The summed E-state index contributed by atoms with van der Waals surface area (Å²) in [5.74, 6) is 0.0167. The Balaban J connectivity index is 2.28. The molecule has 0 bridgehead atoms. The molecular weight excluding hydrogens is 246 g/mol. The van der Waals surface area contributed by atoms with Crippen LogP contribution in [-0.2, 0) is 10.0 Å². The molecule has 0 amide bonds. The molecule has 1 heterocycles. The van der Waals surface area contributed by atoms with Crippen LogP contribution < -0.4 is 10.5 Å². The maximum atomic E-state index is 10.7. The molecule has 0 aliphatic rings. The Morgan fingerprint density at radius 1 is 1.62 bits per heavy atom. The minimum absolute atomic E-state index is 0.0167. The van der Waals surface area contributed by atoms with Gasteiger partial charge in [-0.25, -0.2) is 18.5 Å². The monoisotopic (exact) mass is 263 g/mol. The normalized spacial score (nSPS) is 13.9. The van der Waals surface area contributed by atoms with Gasteiger partial charge >= 0.3 is 0 Å². The van der Waals surface area contributed by atoms with E-state index in [0.717, 1.165) is 10.7 Å². The molecule has 0 fully saturated rings. The maximum Gasteiger partial charge on any atom is 0.209 e. The van der Waals surface area contributed by atoms with E-state index in [-0.39, 0.29) is 11.8 Å². The highest BCUT2D eigenvalue weighted by Crippen LogP contribution is 2.15. The molecule has 1 aromatic rings. The molecule has 16 heavy (non-hydrogen) atoms. The molecule has 1 rings (SSSR count). The molecule has 1 unspecified atom stereocenters. The van der Waals surface area contributed by atoms with Crippen molar-refractivity contribution in [1.29, 1.82) is 0 Å². The van der Waals surface area contributed by atoms with Crippen molar-refractivity contribution >= 4 is 21.4 Å². The zero-order valence-electron chi connectivity index (χ0n) is 9.43. The van der Waals surface area contributed by atoms with Gasteiger partial charge in [0.15, 0.2) is 0 Å². The first kappa shape index (κ1) is 13.6. The SMILES string of the molecule is Cc1nc(C(C)NCCCS(N)(=O)=O)cs1. The number of nitrogens with one attached hydrogen (secondary N) is 1. The fraction of sp³-hybridized carbons (Fsp3) is 0.667. The van der Waals surface area contributed by atoms with Gasteiger partial charge in [0.2, 0.25) is 10.0 Å². The van der Waals surface area contributed by atoms with Gasteiger partial charge in [-0.1, -0.05) is 0 Å². The Labute approximate surface area is 100 Å². The van der Waals surface area contributed by atoms with Crippen LogP contribution in [0.4, 0.5) is 0 Å². The predicted octanol–water partition coefficient (Wildman–Crippen LogP) is 0.781. The van der Waals surface area contributed by atoms with Gasteiger partial charge in [0.25, 0.3) is 0 Å². The van der Waals surface area contributed by atoms with E-state index in [9.17, 15) is 8.42 Å². The second-order valence-corrected chi connectivity index (χ2v) is 6.48. The lowest BCUT2D eigenvalue weighted by Crippen LogP contribution is -2.24. The molecular formula is C9H17N3O2S2. The number of hydrogen-bond donors (Lipinski definition) is 2. The van der Waals surface area contributed by atoms with Crippen LogP contribution in [0.25, 0.3) is 0 Å². The standard InChI is InChI=1S/C9H17N3O2S2/c1-7(9-6-15-8(2)12-9)11-4-3-5-16(10,13)14/h6-7,11H,3-5H2,1-2H3,(H2,10,13,14). The second kappa shape index (κ2) is 5.72. The molecule has 0 aliphatic carbocycles. The Bertz CT molecular complexity index is 428. The molecule has 1 atom stereocenters. The predicted molar refractivity (Wildman–Crippen MR) is 65.9 cm³/mol.